The SMILES string of the molecule is CN(CCOc1ccc(F)cc1)C(=O)c1cc(-c2ccccc2)c(N2CCOCC2)s1. The summed E-state index contributed by atoms with van der Waals surface area (Å²) in [6.07, 6.45) is 0. The Kier molecular flexibility index (Phi) is 6.84. The normalized spacial score (nSPS) is 13.8. The molecule has 7 heteroatoms. The van der Waals surface area contributed by atoms with E-state index in [1.165, 1.54) is 23.5 Å². The van der Waals surface area contributed by atoms with E-state index >= 15 is 0 Å². The first-order chi connectivity index (χ1) is 15.1. The van der Waals surface area contributed by atoms with Gasteiger partial charge in [-0.2, -0.15) is 0 Å². The molecule has 0 aliphatic carbocycles. The maximum Gasteiger partial charge on any atom is 0.263 e. The van der Waals surface area contributed by atoms with Gasteiger partial charge in [0.15, 0.2) is 0 Å². The molecule has 1 fully saturated rings. The minimum absolute atomic E-state index is 0.0376. The number of carbonyl (C=O) groups excluding carboxylic acids is 1. The molecule has 1 aliphatic rings. The molecule has 0 atom stereocenters. The molecule has 0 radical (unpaired) electrons. The Morgan fingerprint density at radius 2 is 1.84 bits per heavy atom. The van der Waals surface area contributed by atoms with E-state index in [-0.39, 0.29) is 11.7 Å². The average molecular weight is 441 g/mol. The average Bonchev–Trinajstić information content (AvgIpc) is 3.26. The van der Waals surface area contributed by atoms with Gasteiger partial charge in [-0.15, -0.1) is 11.3 Å². The fourth-order valence-corrected chi connectivity index (χ4v) is 4.66. The van der Waals surface area contributed by atoms with Crippen LogP contribution in [-0.4, -0.2) is 57.3 Å². The molecule has 5 nitrogen and oxygen atoms in total. The van der Waals surface area contributed by atoms with E-state index in [9.17, 15) is 9.18 Å². The number of nitrogens with zero attached hydrogens (tertiary/aromatic N) is 2. The van der Waals surface area contributed by atoms with E-state index in [1.54, 1.807) is 24.1 Å². The third-order valence-electron chi connectivity index (χ3n) is 5.16. The van der Waals surface area contributed by atoms with Gasteiger partial charge >= 0.3 is 0 Å². The van der Waals surface area contributed by atoms with Crippen molar-refractivity contribution in [3.05, 3.63) is 71.4 Å². The lowest BCUT2D eigenvalue weighted by atomic mass is 10.1. The summed E-state index contributed by atoms with van der Waals surface area (Å²) in [7, 11) is 1.77. The Bertz CT molecular complexity index is 1000. The number of carbonyl (C=O) groups is 1. The lowest BCUT2D eigenvalue weighted by molar-refractivity contribution is 0.0778. The largest absolute Gasteiger partial charge is 0.492 e. The van der Waals surface area contributed by atoms with Crippen LogP contribution in [0.5, 0.6) is 5.75 Å². The van der Waals surface area contributed by atoms with Crippen molar-refractivity contribution in [2.24, 2.45) is 0 Å². The molecule has 1 aromatic heterocycles. The smallest absolute Gasteiger partial charge is 0.263 e. The van der Waals surface area contributed by atoms with Crippen LogP contribution in [0.3, 0.4) is 0 Å². The van der Waals surface area contributed by atoms with Crippen LogP contribution in [0.1, 0.15) is 9.67 Å². The molecular formula is C24H25FN2O3S. The Morgan fingerprint density at radius 1 is 1.13 bits per heavy atom. The predicted molar refractivity (Wildman–Crippen MR) is 122 cm³/mol. The molecule has 1 amide bonds. The van der Waals surface area contributed by atoms with Crippen LogP contribution in [0.15, 0.2) is 60.7 Å². The predicted octanol–water partition coefficient (Wildman–Crippen LogP) is 4.54. The highest BCUT2D eigenvalue weighted by Crippen LogP contribution is 2.39. The van der Waals surface area contributed by atoms with E-state index in [0.29, 0.717) is 37.0 Å². The van der Waals surface area contributed by atoms with Gasteiger partial charge in [-0.05, 0) is 35.9 Å². The van der Waals surface area contributed by atoms with E-state index in [2.05, 4.69) is 17.0 Å². The Morgan fingerprint density at radius 3 is 2.55 bits per heavy atom. The summed E-state index contributed by atoms with van der Waals surface area (Å²) in [6.45, 7) is 3.78. The van der Waals surface area contributed by atoms with Crippen molar-refractivity contribution < 1.29 is 18.7 Å². The zero-order valence-corrected chi connectivity index (χ0v) is 18.2. The molecule has 2 heterocycles. The van der Waals surface area contributed by atoms with Crippen molar-refractivity contribution in [3.8, 4) is 16.9 Å². The molecule has 3 aromatic rings. The maximum absolute atomic E-state index is 13.1. The fraction of sp³-hybridized carbons (Fsp3) is 0.292. The van der Waals surface area contributed by atoms with Crippen molar-refractivity contribution >= 4 is 22.2 Å². The summed E-state index contributed by atoms with van der Waals surface area (Å²) < 4.78 is 24.1. The van der Waals surface area contributed by atoms with Crippen LogP contribution in [0.25, 0.3) is 11.1 Å². The van der Waals surface area contributed by atoms with Gasteiger partial charge in [-0.25, -0.2) is 4.39 Å². The summed E-state index contributed by atoms with van der Waals surface area (Å²) in [6, 6.07) is 18.0. The number of halogens is 1. The topological polar surface area (TPSA) is 42.0 Å². The molecule has 0 bridgehead atoms. The van der Waals surface area contributed by atoms with Gasteiger partial charge in [0.1, 0.15) is 18.2 Å². The number of benzene rings is 2. The molecule has 4 rings (SSSR count). The molecule has 1 aliphatic heterocycles. The number of hydrogen-bond acceptors (Lipinski definition) is 5. The summed E-state index contributed by atoms with van der Waals surface area (Å²) >= 11 is 1.53. The molecule has 2 aromatic carbocycles. The van der Waals surface area contributed by atoms with Crippen molar-refractivity contribution in [2.45, 2.75) is 0 Å². The lowest BCUT2D eigenvalue weighted by Gasteiger charge is -2.28. The Hall–Kier alpha value is -2.90. The maximum atomic E-state index is 13.1. The van der Waals surface area contributed by atoms with Gasteiger partial charge in [0.25, 0.3) is 5.91 Å². The van der Waals surface area contributed by atoms with E-state index < -0.39 is 0 Å². The number of rotatable bonds is 7. The minimum Gasteiger partial charge on any atom is -0.492 e. The molecule has 31 heavy (non-hydrogen) atoms. The van der Waals surface area contributed by atoms with Crippen LogP contribution in [-0.2, 0) is 4.74 Å². The number of thiophene rings is 1. The van der Waals surface area contributed by atoms with Gasteiger partial charge in [0.05, 0.1) is 29.6 Å². The lowest BCUT2D eigenvalue weighted by Crippen LogP contribution is -2.35. The Balaban J connectivity index is 1.47. The van der Waals surface area contributed by atoms with Gasteiger partial charge in [0.2, 0.25) is 0 Å². The van der Waals surface area contributed by atoms with Crippen molar-refractivity contribution in [1.82, 2.24) is 4.90 Å². The van der Waals surface area contributed by atoms with Crippen molar-refractivity contribution in [3.63, 3.8) is 0 Å². The van der Waals surface area contributed by atoms with E-state index in [1.807, 2.05) is 24.3 Å². The van der Waals surface area contributed by atoms with Crippen molar-refractivity contribution in [2.75, 3.05) is 51.4 Å². The molecule has 1 saturated heterocycles. The second-order valence-electron chi connectivity index (χ2n) is 7.32. The molecule has 162 valence electrons. The second kappa shape index (κ2) is 9.94. The molecule has 0 unspecified atom stereocenters. The molecule has 0 N–H and O–H groups in total. The van der Waals surface area contributed by atoms with Gasteiger partial charge in [-0.1, -0.05) is 30.3 Å². The summed E-state index contributed by atoms with van der Waals surface area (Å²) in [5, 5.41) is 1.11. The van der Waals surface area contributed by atoms with Crippen LogP contribution in [0.2, 0.25) is 0 Å². The zero-order valence-electron chi connectivity index (χ0n) is 17.4. The standard InChI is InChI=1S/C24H25FN2O3S/c1-26(11-16-30-20-9-7-19(25)8-10-20)23(28)22-17-21(18-5-3-2-4-6-18)24(31-22)27-12-14-29-15-13-27/h2-10,17H,11-16H2,1H3. The van der Waals surface area contributed by atoms with Crippen LogP contribution in [0.4, 0.5) is 9.39 Å². The summed E-state index contributed by atoms with van der Waals surface area (Å²) in [5.41, 5.74) is 2.17. The van der Waals surface area contributed by atoms with Gasteiger partial charge < -0.3 is 19.3 Å². The number of amides is 1. The highest BCUT2D eigenvalue weighted by atomic mass is 32.1. The molecule has 0 spiro atoms. The van der Waals surface area contributed by atoms with Gasteiger partial charge in [-0.3, -0.25) is 4.79 Å². The fourth-order valence-electron chi connectivity index (χ4n) is 3.43. The van der Waals surface area contributed by atoms with Crippen molar-refractivity contribution in [1.29, 1.82) is 0 Å². The van der Waals surface area contributed by atoms with E-state index in [0.717, 1.165) is 29.2 Å². The highest BCUT2D eigenvalue weighted by Gasteiger charge is 2.23. The number of anilines is 1. The number of likely N-dealkylation sites (N-methyl/N-ethyl adjacent to an activating group) is 1. The first kappa shape index (κ1) is 21.3. The van der Waals surface area contributed by atoms with Crippen LogP contribution < -0.4 is 9.64 Å². The number of ether oxygens (including phenoxy) is 2. The molecule has 0 saturated carbocycles. The first-order valence-electron chi connectivity index (χ1n) is 10.3. The number of hydrogen-bond donors (Lipinski definition) is 0. The van der Waals surface area contributed by atoms with Crippen LogP contribution in [0, 0.1) is 5.82 Å². The number of morpholine rings is 1. The minimum atomic E-state index is -0.303. The second-order valence-corrected chi connectivity index (χ2v) is 8.35. The van der Waals surface area contributed by atoms with E-state index in [4.69, 9.17) is 9.47 Å². The monoisotopic (exact) mass is 440 g/mol. The Labute approximate surface area is 185 Å². The first-order valence-corrected chi connectivity index (χ1v) is 11.1. The zero-order chi connectivity index (χ0) is 21.6. The van der Waals surface area contributed by atoms with Gasteiger partial charge in [0, 0.05) is 25.7 Å². The third kappa shape index (κ3) is 5.24. The highest BCUT2D eigenvalue weighted by molar-refractivity contribution is 7.18. The quantitative estimate of drug-likeness (QED) is 0.541. The summed E-state index contributed by atoms with van der Waals surface area (Å²) in [4.78, 5) is 17.8. The molecular weight excluding hydrogens is 415 g/mol. The van der Waals surface area contributed by atoms with Crippen LogP contribution >= 0.6 is 11.3 Å². The third-order valence-corrected chi connectivity index (χ3v) is 6.35. The summed E-state index contributed by atoms with van der Waals surface area (Å²) in [5.74, 6) is 0.242.